The number of hydrogen-bond acceptors (Lipinski definition) is 7. The van der Waals surface area contributed by atoms with E-state index in [4.69, 9.17) is 4.42 Å². The van der Waals surface area contributed by atoms with E-state index in [0.29, 0.717) is 24.1 Å². The number of aromatic nitrogens is 2. The summed E-state index contributed by atoms with van der Waals surface area (Å²) in [5.41, 5.74) is 1.77. The first-order valence-electron chi connectivity index (χ1n) is 9.56. The van der Waals surface area contributed by atoms with Crippen LogP contribution in [0.25, 0.3) is 11.5 Å². The maximum Gasteiger partial charge on any atom is 0.277 e. The average Bonchev–Trinajstić information content (AvgIpc) is 3.38. The van der Waals surface area contributed by atoms with Gasteiger partial charge in [0, 0.05) is 18.2 Å². The third kappa shape index (κ3) is 5.09. The average molecular weight is 444 g/mol. The standard InChI is InChI=1S/C21H21N3O4S2/c25-19(14-29-21-23-22-20(28-21)17-9-5-2-6-10-17)24(13-16-7-3-1-4-8-16)18-11-12-30(26,27)15-18/h1-10,18H,11-15H2/t18-/m0/s1. The van der Waals surface area contributed by atoms with E-state index < -0.39 is 9.84 Å². The number of benzene rings is 2. The summed E-state index contributed by atoms with van der Waals surface area (Å²) < 4.78 is 29.6. The molecule has 156 valence electrons. The maximum absolute atomic E-state index is 13.0. The summed E-state index contributed by atoms with van der Waals surface area (Å²) in [4.78, 5) is 14.7. The molecule has 1 aromatic heterocycles. The van der Waals surface area contributed by atoms with Crippen molar-refractivity contribution in [2.75, 3.05) is 17.3 Å². The lowest BCUT2D eigenvalue weighted by Gasteiger charge is -2.28. The zero-order chi connectivity index (χ0) is 21.0. The highest BCUT2D eigenvalue weighted by atomic mass is 32.2. The molecule has 1 amide bonds. The van der Waals surface area contributed by atoms with Gasteiger partial charge in [0.05, 0.1) is 17.3 Å². The van der Waals surface area contributed by atoms with Gasteiger partial charge in [-0.1, -0.05) is 60.3 Å². The second-order valence-electron chi connectivity index (χ2n) is 7.09. The predicted molar refractivity (Wildman–Crippen MR) is 115 cm³/mol. The Labute approximate surface area is 179 Å². The molecule has 2 aromatic carbocycles. The highest BCUT2D eigenvalue weighted by Crippen LogP contribution is 2.25. The Morgan fingerprint density at radius 3 is 2.43 bits per heavy atom. The molecule has 0 saturated carbocycles. The van der Waals surface area contributed by atoms with Crippen LogP contribution in [0.15, 0.2) is 70.3 Å². The van der Waals surface area contributed by atoms with Crippen molar-refractivity contribution in [2.45, 2.75) is 24.2 Å². The SMILES string of the molecule is O=C(CSc1nnc(-c2ccccc2)o1)N(Cc1ccccc1)[C@H]1CCS(=O)(=O)C1. The molecular formula is C21H21N3O4S2. The summed E-state index contributed by atoms with van der Waals surface area (Å²) in [5.74, 6) is 0.474. The highest BCUT2D eigenvalue weighted by molar-refractivity contribution is 7.99. The number of sulfone groups is 1. The van der Waals surface area contributed by atoms with Crippen molar-refractivity contribution in [1.82, 2.24) is 15.1 Å². The normalized spacial score (nSPS) is 17.7. The van der Waals surface area contributed by atoms with Gasteiger partial charge in [-0.2, -0.15) is 0 Å². The molecule has 1 aliphatic rings. The fraction of sp³-hybridized carbons (Fsp3) is 0.286. The number of thioether (sulfide) groups is 1. The summed E-state index contributed by atoms with van der Waals surface area (Å²) in [6, 6.07) is 18.7. The summed E-state index contributed by atoms with van der Waals surface area (Å²) in [6.45, 7) is 0.375. The predicted octanol–water partition coefficient (Wildman–Crippen LogP) is 3.04. The van der Waals surface area contributed by atoms with Crippen molar-refractivity contribution in [3.8, 4) is 11.5 Å². The lowest BCUT2D eigenvalue weighted by molar-refractivity contribution is -0.130. The van der Waals surface area contributed by atoms with Crippen LogP contribution in [0.4, 0.5) is 0 Å². The molecule has 1 atom stereocenters. The van der Waals surface area contributed by atoms with E-state index in [9.17, 15) is 13.2 Å². The van der Waals surface area contributed by atoms with Gasteiger partial charge >= 0.3 is 0 Å². The number of carbonyl (C=O) groups is 1. The second-order valence-corrected chi connectivity index (χ2v) is 10.2. The molecular weight excluding hydrogens is 422 g/mol. The number of rotatable bonds is 7. The molecule has 9 heteroatoms. The molecule has 1 fully saturated rings. The quantitative estimate of drug-likeness (QED) is 0.518. The Bertz CT molecular complexity index is 1100. The molecule has 0 spiro atoms. The van der Waals surface area contributed by atoms with Gasteiger partial charge in [0.15, 0.2) is 9.84 Å². The van der Waals surface area contributed by atoms with Crippen molar-refractivity contribution in [2.24, 2.45) is 0 Å². The number of nitrogens with zero attached hydrogens (tertiary/aromatic N) is 3. The Kier molecular flexibility index (Phi) is 6.19. The smallest absolute Gasteiger partial charge is 0.277 e. The molecule has 0 unspecified atom stereocenters. The van der Waals surface area contributed by atoms with Crippen LogP contribution in [0.1, 0.15) is 12.0 Å². The molecule has 1 saturated heterocycles. The Morgan fingerprint density at radius 1 is 1.07 bits per heavy atom. The van der Waals surface area contributed by atoms with Crippen LogP contribution >= 0.6 is 11.8 Å². The largest absolute Gasteiger partial charge is 0.411 e. The molecule has 0 N–H and O–H groups in total. The minimum Gasteiger partial charge on any atom is -0.411 e. The van der Waals surface area contributed by atoms with E-state index >= 15 is 0 Å². The molecule has 2 heterocycles. The molecule has 1 aliphatic heterocycles. The summed E-state index contributed by atoms with van der Waals surface area (Å²) in [7, 11) is -3.10. The Morgan fingerprint density at radius 2 is 1.77 bits per heavy atom. The summed E-state index contributed by atoms with van der Waals surface area (Å²) in [5, 5.41) is 8.35. The third-order valence-corrected chi connectivity index (χ3v) is 7.47. The van der Waals surface area contributed by atoms with Crippen LogP contribution in [-0.4, -0.2) is 52.7 Å². The van der Waals surface area contributed by atoms with E-state index in [1.165, 1.54) is 0 Å². The molecule has 30 heavy (non-hydrogen) atoms. The van der Waals surface area contributed by atoms with Crippen LogP contribution < -0.4 is 0 Å². The molecule has 3 aromatic rings. The van der Waals surface area contributed by atoms with Crippen molar-refractivity contribution in [3.63, 3.8) is 0 Å². The fourth-order valence-electron chi connectivity index (χ4n) is 3.39. The van der Waals surface area contributed by atoms with E-state index in [-0.39, 0.29) is 29.2 Å². The van der Waals surface area contributed by atoms with Crippen LogP contribution in [0.2, 0.25) is 0 Å². The third-order valence-electron chi connectivity index (χ3n) is 4.91. The minimum atomic E-state index is -3.10. The van der Waals surface area contributed by atoms with Crippen molar-refractivity contribution < 1.29 is 17.6 Å². The Balaban J connectivity index is 1.44. The molecule has 0 radical (unpaired) electrons. The van der Waals surface area contributed by atoms with Crippen molar-refractivity contribution >= 4 is 27.5 Å². The highest BCUT2D eigenvalue weighted by Gasteiger charge is 2.34. The van der Waals surface area contributed by atoms with Crippen LogP contribution in [-0.2, 0) is 21.2 Å². The molecule has 0 aliphatic carbocycles. The van der Waals surface area contributed by atoms with Gasteiger partial charge in [0.1, 0.15) is 0 Å². The van der Waals surface area contributed by atoms with Crippen molar-refractivity contribution in [1.29, 1.82) is 0 Å². The number of carbonyl (C=O) groups excluding carboxylic acids is 1. The van der Waals surface area contributed by atoms with Gasteiger partial charge in [-0.3, -0.25) is 4.79 Å². The number of amides is 1. The number of hydrogen-bond donors (Lipinski definition) is 0. The maximum atomic E-state index is 13.0. The van der Waals surface area contributed by atoms with Gasteiger partial charge in [0.25, 0.3) is 5.22 Å². The monoisotopic (exact) mass is 443 g/mol. The van der Waals surface area contributed by atoms with Crippen LogP contribution in [0.5, 0.6) is 0 Å². The van der Waals surface area contributed by atoms with E-state index in [1.54, 1.807) is 4.90 Å². The second kappa shape index (κ2) is 9.01. The topological polar surface area (TPSA) is 93.4 Å². The van der Waals surface area contributed by atoms with Gasteiger partial charge in [0.2, 0.25) is 11.8 Å². The zero-order valence-electron chi connectivity index (χ0n) is 16.2. The molecule has 0 bridgehead atoms. The van der Waals surface area contributed by atoms with Gasteiger partial charge in [-0.25, -0.2) is 8.42 Å². The van der Waals surface area contributed by atoms with E-state index in [2.05, 4.69) is 10.2 Å². The lowest BCUT2D eigenvalue weighted by Crippen LogP contribution is -2.41. The minimum absolute atomic E-state index is 0.00888. The first kappa shape index (κ1) is 20.6. The van der Waals surface area contributed by atoms with E-state index in [1.807, 2.05) is 60.7 Å². The summed E-state index contributed by atoms with van der Waals surface area (Å²) >= 11 is 1.16. The molecule has 7 nitrogen and oxygen atoms in total. The van der Waals surface area contributed by atoms with Crippen LogP contribution in [0, 0.1) is 0 Å². The first-order chi connectivity index (χ1) is 14.5. The first-order valence-corrected chi connectivity index (χ1v) is 12.4. The van der Waals surface area contributed by atoms with Gasteiger partial charge in [-0.05, 0) is 24.1 Å². The summed E-state index contributed by atoms with van der Waals surface area (Å²) in [6.07, 6.45) is 0.463. The van der Waals surface area contributed by atoms with Gasteiger partial charge < -0.3 is 9.32 Å². The zero-order valence-corrected chi connectivity index (χ0v) is 17.8. The lowest BCUT2D eigenvalue weighted by atomic mass is 10.1. The molecule has 4 rings (SSSR count). The fourth-order valence-corrected chi connectivity index (χ4v) is 5.77. The van der Waals surface area contributed by atoms with Gasteiger partial charge in [-0.15, -0.1) is 10.2 Å². The van der Waals surface area contributed by atoms with Crippen molar-refractivity contribution in [3.05, 3.63) is 66.2 Å². The van der Waals surface area contributed by atoms with E-state index in [0.717, 1.165) is 22.9 Å². The van der Waals surface area contributed by atoms with Crippen LogP contribution in [0.3, 0.4) is 0 Å². The Hall–Kier alpha value is -2.65.